The number of benzene rings is 2. The topological polar surface area (TPSA) is 49.3 Å². The molecular formula is C15H13Cl2NO2. The molecule has 0 aliphatic heterocycles. The minimum Gasteiger partial charge on any atom is -0.506 e. The molecule has 3 nitrogen and oxygen atoms in total. The van der Waals surface area contributed by atoms with Gasteiger partial charge in [-0.2, -0.15) is 0 Å². The van der Waals surface area contributed by atoms with Crippen LogP contribution >= 0.6 is 23.2 Å². The normalized spacial score (nSPS) is 11.9. The lowest BCUT2D eigenvalue weighted by atomic mass is 10.1. The van der Waals surface area contributed by atoms with Gasteiger partial charge in [0.1, 0.15) is 5.75 Å². The lowest BCUT2D eigenvalue weighted by Gasteiger charge is -2.15. The Bertz CT molecular complexity index is 644. The number of phenolic OH excluding ortho intramolecular Hbond substituents is 1. The molecule has 0 aromatic heterocycles. The van der Waals surface area contributed by atoms with Crippen LogP contribution in [-0.2, 0) is 0 Å². The van der Waals surface area contributed by atoms with Crippen LogP contribution in [0.2, 0.25) is 10.0 Å². The van der Waals surface area contributed by atoms with Crippen molar-refractivity contribution in [3.8, 4) is 5.75 Å². The molecular weight excluding hydrogens is 297 g/mol. The van der Waals surface area contributed by atoms with Crippen molar-refractivity contribution in [3.63, 3.8) is 0 Å². The minimum atomic E-state index is -0.264. The fourth-order valence-electron chi connectivity index (χ4n) is 1.79. The lowest BCUT2D eigenvalue weighted by molar-refractivity contribution is 0.0940. The summed E-state index contributed by atoms with van der Waals surface area (Å²) in [5, 5.41) is 13.0. The van der Waals surface area contributed by atoms with Crippen LogP contribution in [0.4, 0.5) is 0 Å². The molecule has 0 spiro atoms. The van der Waals surface area contributed by atoms with Crippen molar-refractivity contribution in [3.05, 3.63) is 63.6 Å². The summed E-state index contributed by atoms with van der Waals surface area (Å²) in [7, 11) is 0. The summed E-state index contributed by atoms with van der Waals surface area (Å²) >= 11 is 11.7. The summed E-state index contributed by atoms with van der Waals surface area (Å²) < 4.78 is 0. The number of halogens is 2. The zero-order chi connectivity index (χ0) is 14.7. The second-order valence-corrected chi connectivity index (χ2v) is 5.26. The van der Waals surface area contributed by atoms with E-state index < -0.39 is 0 Å². The van der Waals surface area contributed by atoms with E-state index in [1.54, 1.807) is 12.1 Å². The molecule has 104 valence electrons. The summed E-state index contributed by atoms with van der Waals surface area (Å²) in [5.41, 5.74) is 1.30. The van der Waals surface area contributed by atoms with Gasteiger partial charge in [0, 0.05) is 10.6 Å². The summed E-state index contributed by atoms with van der Waals surface area (Å²) in [6.45, 7) is 1.87. The molecule has 0 fully saturated rings. The van der Waals surface area contributed by atoms with Crippen LogP contribution < -0.4 is 5.32 Å². The molecule has 0 radical (unpaired) electrons. The van der Waals surface area contributed by atoms with E-state index in [0.29, 0.717) is 10.6 Å². The zero-order valence-corrected chi connectivity index (χ0v) is 12.2. The zero-order valence-electron chi connectivity index (χ0n) is 10.7. The van der Waals surface area contributed by atoms with Crippen LogP contribution in [0.5, 0.6) is 5.75 Å². The molecule has 0 bridgehead atoms. The number of hydrogen-bond acceptors (Lipinski definition) is 2. The molecule has 5 heteroatoms. The minimum absolute atomic E-state index is 0.0499. The van der Waals surface area contributed by atoms with Crippen LogP contribution in [0.15, 0.2) is 42.5 Å². The first-order valence-corrected chi connectivity index (χ1v) is 6.78. The molecule has 2 aromatic carbocycles. The van der Waals surface area contributed by atoms with Gasteiger partial charge in [0.05, 0.1) is 11.1 Å². The third-order valence-electron chi connectivity index (χ3n) is 2.91. The Balaban J connectivity index is 2.13. The third-order valence-corrected chi connectivity index (χ3v) is 3.44. The Morgan fingerprint density at radius 1 is 1.20 bits per heavy atom. The first-order valence-electron chi connectivity index (χ1n) is 6.02. The van der Waals surface area contributed by atoms with Gasteiger partial charge in [-0.3, -0.25) is 4.79 Å². The summed E-state index contributed by atoms with van der Waals surface area (Å²) in [5.74, 6) is -0.314. The average molecular weight is 310 g/mol. The van der Waals surface area contributed by atoms with Crippen LogP contribution in [0.25, 0.3) is 0 Å². The van der Waals surface area contributed by atoms with Crippen molar-refractivity contribution in [2.45, 2.75) is 13.0 Å². The highest BCUT2D eigenvalue weighted by Gasteiger charge is 2.13. The number of hydrogen-bond donors (Lipinski definition) is 2. The van der Waals surface area contributed by atoms with Gasteiger partial charge in [0.25, 0.3) is 5.91 Å². The third kappa shape index (κ3) is 3.44. The monoisotopic (exact) mass is 309 g/mol. The number of nitrogens with one attached hydrogen (secondary N) is 1. The number of rotatable bonds is 3. The Hall–Kier alpha value is -1.71. The van der Waals surface area contributed by atoms with Crippen LogP contribution in [0, 0.1) is 0 Å². The van der Waals surface area contributed by atoms with Gasteiger partial charge in [-0.05, 0) is 42.8 Å². The highest BCUT2D eigenvalue weighted by molar-refractivity contribution is 6.32. The predicted molar refractivity (Wildman–Crippen MR) is 80.5 cm³/mol. The van der Waals surface area contributed by atoms with E-state index in [0.717, 1.165) is 5.56 Å². The first-order chi connectivity index (χ1) is 9.47. The van der Waals surface area contributed by atoms with Crippen molar-refractivity contribution in [2.75, 3.05) is 0 Å². The molecule has 2 aromatic rings. The van der Waals surface area contributed by atoms with Crippen molar-refractivity contribution in [2.24, 2.45) is 0 Å². The SMILES string of the molecule is CC(NC(=O)c1ccc(O)c(Cl)c1)c1cccc(Cl)c1. The highest BCUT2D eigenvalue weighted by atomic mass is 35.5. The first kappa shape index (κ1) is 14.7. The standard InChI is InChI=1S/C15H13Cl2NO2/c1-9(10-3-2-4-12(16)7-10)18-15(20)11-5-6-14(19)13(17)8-11/h2-9,19H,1H3,(H,18,20). The van der Waals surface area contributed by atoms with Gasteiger partial charge < -0.3 is 10.4 Å². The maximum absolute atomic E-state index is 12.1. The van der Waals surface area contributed by atoms with Crippen LogP contribution in [-0.4, -0.2) is 11.0 Å². The number of amides is 1. The van der Waals surface area contributed by atoms with E-state index in [9.17, 15) is 9.90 Å². The van der Waals surface area contributed by atoms with Gasteiger partial charge in [0.15, 0.2) is 0 Å². The molecule has 2 rings (SSSR count). The molecule has 2 N–H and O–H groups in total. The number of aromatic hydroxyl groups is 1. The fraction of sp³-hybridized carbons (Fsp3) is 0.133. The predicted octanol–water partition coefficient (Wildman–Crippen LogP) is 4.19. The van der Waals surface area contributed by atoms with E-state index in [4.69, 9.17) is 23.2 Å². The maximum Gasteiger partial charge on any atom is 0.251 e. The summed E-state index contributed by atoms with van der Waals surface area (Å²) in [6.07, 6.45) is 0. The van der Waals surface area contributed by atoms with Crippen LogP contribution in [0.3, 0.4) is 0 Å². The molecule has 1 atom stereocenters. The molecule has 1 unspecified atom stereocenters. The summed E-state index contributed by atoms with van der Waals surface area (Å²) in [6, 6.07) is 11.4. The maximum atomic E-state index is 12.1. The van der Waals surface area contributed by atoms with E-state index in [-0.39, 0.29) is 22.7 Å². The van der Waals surface area contributed by atoms with Crippen molar-refractivity contribution < 1.29 is 9.90 Å². The Morgan fingerprint density at radius 3 is 2.60 bits per heavy atom. The van der Waals surface area contributed by atoms with Crippen LogP contribution in [0.1, 0.15) is 28.9 Å². The van der Waals surface area contributed by atoms with E-state index in [1.165, 1.54) is 18.2 Å². The number of carbonyl (C=O) groups is 1. The molecule has 0 saturated carbocycles. The molecule has 0 heterocycles. The van der Waals surface area contributed by atoms with Crippen molar-refractivity contribution in [1.29, 1.82) is 0 Å². The van der Waals surface area contributed by atoms with Gasteiger partial charge in [-0.25, -0.2) is 0 Å². The molecule has 20 heavy (non-hydrogen) atoms. The van der Waals surface area contributed by atoms with Gasteiger partial charge in [-0.15, -0.1) is 0 Å². The summed E-state index contributed by atoms with van der Waals surface area (Å²) in [4.78, 5) is 12.1. The Labute approximate surface area is 127 Å². The molecule has 0 aliphatic rings. The van der Waals surface area contributed by atoms with Crippen molar-refractivity contribution in [1.82, 2.24) is 5.32 Å². The van der Waals surface area contributed by atoms with E-state index in [1.807, 2.05) is 19.1 Å². The van der Waals surface area contributed by atoms with E-state index >= 15 is 0 Å². The van der Waals surface area contributed by atoms with Crippen molar-refractivity contribution >= 4 is 29.1 Å². The highest BCUT2D eigenvalue weighted by Crippen LogP contribution is 2.24. The van der Waals surface area contributed by atoms with Gasteiger partial charge in [-0.1, -0.05) is 35.3 Å². The molecule has 1 amide bonds. The Morgan fingerprint density at radius 2 is 1.95 bits per heavy atom. The average Bonchev–Trinajstić information content (AvgIpc) is 2.41. The second-order valence-electron chi connectivity index (χ2n) is 4.42. The number of phenols is 1. The second kappa shape index (κ2) is 6.16. The Kier molecular flexibility index (Phi) is 4.53. The van der Waals surface area contributed by atoms with E-state index in [2.05, 4.69) is 5.32 Å². The lowest BCUT2D eigenvalue weighted by Crippen LogP contribution is -2.26. The van der Waals surface area contributed by atoms with Gasteiger partial charge >= 0.3 is 0 Å². The fourth-order valence-corrected chi connectivity index (χ4v) is 2.17. The number of carbonyl (C=O) groups excluding carboxylic acids is 1. The molecule has 0 aliphatic carbocycles. The largest absolute Gasteiger partial charge is 0.506 e. The quantitative estimate of drug-likeness (QED) is 0.893. The smallest absolute Gasteiger partial charge is 0.251 e. The molecule has 0 saturated heterocycles. The van der Waals surface area contributed by atoms with Gasteiger partial charge in [0.2, 0.25) is 0 Å².